The smallest absolute Gasteiger partial charge is 0.238 e. The summed E-state index contributed by atoms with van der Waals surface area (Å²) in [5.74, 6) is 1.86. The summed E-state index contributed by atoms with van der Waals surface area (Å²) >= 11 is 1.71. The molecule has 1 radical (unpaired) electrons. The van der Waals surface area contributed by atoms with Crippen LogP contribution < -0.4 is 0 Å². The Bertz CT molecular complexity index is 2710. The van der Waals surface area contributed by atoms with Gasteiger partial charge in [0.2, 0.25) is 5.95 Å². The van der Waals surface area contributed by atoms with E-state index < -0.39 is 0 Å². The van der Waals surface area contributed by atoms with Gasteiger partial charge in [-0.05, 0) is 52.2 Å². The number of pyridine rings is 1. The van der Waals surface area contributed by atoms with Crippen LogP contribution in [-0.4, -0.2) is 24.5 Å². The molecule has 0 N–H and O–H groups in total. The number of thiophene rings is 1. The van der Waals surface area contributed by atoms with Gasteiger partial charge >= 0.3 is 0 Å². The molecule has 0 spiro atoms. The average molecular weight is 865 g/mol. The summed E-state index contributed by atoms with van der Waals surface area (Å²) in [6.45, 7) is 4.65. The minimum absolute atomic E-state index is 0. The average Bonchev–Trinajstić information content (AvgIpc) is 3.87. The topological polar surface area (TPSA) is 56.5 Å². The van der Waals surface area contributed by atoms with Crippen molar-refractivity contribution in [3.05, 3.63) is 163 Å². The van der Waals surface area contributed by atoms with Crippen LogP contribution in [0.25, 0.3) is 82.7 Å². The third-order valence-corrected chi connectivity index (χ3v) is 11.2. The van der Waals surface area contributed by atoms with Gasteiger partial charge < -0.3 is 4.98 Å². The Morgan fingerprint density at radius 2 is 1.27 bits per heavy atom. The van der Waals surface area contributed by atoms with Gasteiger partial charge in [-0.2, -0.15) is 22.1 Å². The van der Waals surface area contributed by atoms with Crippen LogP contribution in [-0.2, 0) is 25.5 Å². The first-order chi connectivity index (χ1) is 25.0. The fraction of sp³-hybridized carbons (Fsp3) is 0.0667. The molecule has 1 aliphatic carbocycles. The molecule has 0 saturated carbocycles. The van der Waals surface area contributed by atoms with Gasteiger partial charge in [-0.15, -0.1) is 0 Å². The predicted octanol–water partition coefficient (Wildman–Crippen LogP) is 11.2. The number of benzene rings is 5. The molecule has 0 atom stereocenters. The number of hydrogen-bond acceptors (Lipinski definition) is 5. The fourth-order valence-corrected chi connectivity index (χ4v) is 8.47. The number of aromatic nitrogens is 5. The molecule has 9 aromatic rings. The molecule has 4 heterocycles. The summed E-state index contributed by atoms with van der Waals surface area (Å²) < 4.78 is 2.23. The summed E-state index contributed by atoms with van der Waals surface area (Å²) in [5.41, 5.74) is 11.1. The first-order valence-electron chi connectivity index (χ1n) is 17.1. The minimum atomic E-state index is -0.162. The standard InChI is InChI=1S/C45H30N5S.Ir/c1-45(2)35-18-10-9-17-31(35)32-26-34-33-25-30(40-22-23-41(51-40)37-19-11-12-24-46-37)20-21-38(33)50(39(34)27-36(32)45)44-48-42(28-13-5-3-6-14-28)47-43(49-44)29-15-7-4-8-16-29;/h3-22,24-27H,1-2H3;/q-1;. The van der Waals surface area contributed by atoms with Gasteiger partial charge in [0.25, 0.3) is 0 Å². The fourth-order valence-electron chi connectivity index (χ4n) is 7.55. The molecule has 0 fully saturated rings. The zero-order valence-electron chi connectivity index (χ0n) is 28.3. The van der Waals surface area contributed by atoms with Gasteiger partial charge in [-0.3, -0.25) is 4.57 Å². The van der Waals surface area contributed by atoms with Crippen molar-refractivity contribution in [1.82, 2.24) is 24.5 Å². The summed E-state index contributed by atoms with van der Waals surface area (Å²) in [6.07, 6.45) is 1.83. The van der Waals surface area contributed by atoms with E-state index in [-0.39, 0.29) is 25.5 Å². The van der Waals surface area contributed by atoms with Crippen molar-refractivity contribution in [2.75, 3.05) is 0 Å². The van der Waals surface area contributed by atoms with Crippen molar-refractivity contribution >= 4 is 33.1 Å². The molecule has 0 saturated heterocycles. The molecule has 0 aliphatic heterocycles. The molecular weight excluding hydrogens is 835 g/mol. The number of hydrogen-bond donors (Lipinski definition) is 0. The maximum atomic E-state index is 5.19. The van der Waals surface area contributed by atoms with E-state index in [1.165, 1.54) is 22.3 Å². The molecule has 251 valence electrons. The van der Waals surface area contributed by atoms with Crippen LogP contribution in [0, 0.1) is 6.07 Å². The monoisotopic (exact) mass is 865 g/mol. The van der Waals surface area contributed by atoms with E-state index in [1.807, 2.05) is 60.8 Å². The van der Waals surface area contributed by atoms with E-state index in [9.17, 15) is 0 Å². The quantitative estimate of drug-likeness (QED) is 0.162. The maximum absolute atomic E-state index is 5.19. The Morgan fingerprint density at radius 1 is 0.596 bits per heavy atom. The zero-order valence-corrected chi connectivity index (χ0v) is 31.5. The summed E-state index contributed by atoms with van der Waals surface area (Å²) in [5, 5.41) is 2.30. The molecule has 0 bridgehead atoms. The molecule has 5 aromatic carbocycles. The molecule has 0 unspecified atom stereocenters. The molecule has 7 heteroatoms. The van der Waals surface area contributed by atoms with Gasteiger partial charge in [-0.1, -0.05) is 138 Å². The third-order valence-electron chi connectivity index (χ3n) is 10.1. The van der Waals surface area contributed by atoms with Crippen molar-refractivity contribution in [3.63, 3.8) is 0 Å². The van der Waals surface area contributed by atoms with Crippen molar-refractivity contribution in [2.24, 2.45) is 0 Å². The Hall–Kier alpha value is -5.59. The summed E-state index contributed by atoms with van der Waals surface area (Å²) in [7, 11) is 0. The second-order valence-corrected chi connectivity index (χ2v) is 14.5. The van der Waals surface area contributed by atoms with Crippen molar-refractivity contribution in [3.8, 4) is 60.9 Å². The first-order valence-corrected chi connectivity index (χ1v) is 17.9. The van der Waals surface area contributed by atoms with Crippen LogP contribution in [0.15, 0.2) is 146 Å². The number of nitrogens with zero attached hydrogens (tertiary/aromatic N) is 5. The van der Waals surface area contributed by atoms with E-state index in [2.05, 4.69) is 114 Å². The number of rotatable bonds is 5. The van der Waals surface area contributed by atoms with Crippen molar-refractivity contribution < 1.29 is 20.1 Å². The maximum Gasteiger partial charge on any atom is 0.238 e. The van der Waals surface area contributed by atoms with Gasteiger partial charge in [0.1, 0.15) is 0 Å². The van der Waals surface area contributed by atoms with E-state index in [1.54, 1.807) is 11.3 Å². The minimum Gasteiger partial charge on any atom is -0.319 e. The van der Waals surface area contributed by atoms with Crippen LogP contribution in [0.3, 0.4) is 0 Å². The van der Waals surface area contributed by atoms with Crippen LogP contribution >= 0.6 is 11.3 Å². The first kappa shape index (κ1) is 32.3. The molecule has 5 nitrogen and oxygen atoms in total. The molecule has 1 aliphatic rings. The van der Waals surface area contributed by atoms with Gasteiger partial charge in [0.05, 0.1) is 11.0 Å². The van der Waals surface area contributed by atoms with E-state index >= 15 is 0 Å². The number of fused-ring (bicyclic) bond motifs is 6. The Balaban J connectivity index is 0.00000360. The van der Waals surface area contributed by atoms with Crippen molar-refractivity contribution in [1.29, 1.82) is 0 Å². The Labute approximate surface area is 319 Å². The molecule has 52 heavy (non-hydrogen) atoms. The summed E-state index contributed by atoms with van der Waals surface area (Å²) in [4.78, 5) is 22.1. The van der Waals surface area contributed by atoms with Crippen LogP contribution in [0.4, 0.5) is 0 Å². The van der Waals surface area contributed by atoms with Crippen molar-refractivity contribution in [2.45, 2.75) is 19.3 Å². The van der Waals surface area contributed by atoms with Crippen LogP contribution in [0.2, 0.25) is 0 Å². The van der Waals surface area contributed by atoms with Crippen LogP contribution in [0.1, 0.15) is 25.0 Å². The van der Waals surface area contributed by atoms with E-state index in [0.29, 0.717) is 17.6 Å². The normalized spacial score (nSPS) is 12.8. The third kappa shape index (κ3) is 5.16. The Morgan fingerprint density at radius 3 is 1.98 bits per heavy atom. The second-order valence-electron chi connectivity index (χ2n) is 13.5. The van der Waals surface area contributed by atoms with E-state index in [0.717, 1.165) is 53.9 Å². The Kier molecular flexibility index (Phi) is 7.81. The van der Waals surface area contributed by atoms with Gasteiger partial charge in [0.15, 0.2) is 11.6 Å². The largest absolute Gasteiger partial charge is 0.319 e. The molecular formula is C45H30IrN5S-. The molecule has 4 aromatic heterocycles. The van der Waals surface area contributed by atoms with Gasteiger partial charge in [0, 0.05) is 53.6 Å². The van der Waals surface area contributed by atoms with Gasteiger partial charge in [-0.25, -0.2) is 16.3 Å². The summed E-state index contributed by atoms with van der Waals surface area (Å²) in [6, 6.07) is 52.1. The predicted molar refractivity (Wildman–Crippen MR) is 208 cm³/mol. The zero-order chi connectivity index (χ0) is 34.1. The molecule has 10 rings (SSSR count). The van der Waals surface area contributed by atoms with E-state index in [4.69, 9.17) is 15.0 Å². The molecule has 0 amide bonds. The SMILES string of the molecule is CC1(C)c2ccccc2-c2cc3c4cc(-c5c[c-]c(-c6ccccn6)s5)ccc4n(-c4nc(-c5ccccc5)nc(-c5ccccc5)n4)c3cc21.[Ir]. The second kappa shape index (κ2) is 12.6. The van der Waals surface area contributed by atoms with Crippen LogP contribution in [0.5, 0.6) is 0 Å².